The second-order valence-corrected chi connectivity index (χ2v) is 7.77. The van der Waals surface area contributed by atoms with Crippen molar-refractivity contribution in [2.45, 2.75) is 0 Å². The van der Waals surface area contributed by atoms with Gasteiger partial charge in [-0.2, -0.15) is 0 Å². The van der Waals surface area contributed by atoms with Gasteiger partial charge in [-0.3, -0.25) is 9.78 Å². The molecule has 0 atom stereocenters. The summed E-state index contributed by atoms with van der Waals surface area (Å²) in [6.45, 7) is 0.188. The maximum absolute atomic E-state index is 13.3. The van der Waals surface area contributed by atoms with Gasteiger partial charge >= 0.3 is 0 Å². The number of aromatic nitrogens is 3. The average molecular weight is 452 g/mol. The minimum atomic E-state index is -0.311. The van der Waals surface area contributed by atoms with Crippen LogP contribution in [0.4, 0.5) is 10.1 Å². The highest BCUT2D eigenvalue weighted by Crippen LogP contribution is 2.38. The zero-order chi connectivity index (χ0) is 23.1. The molecule has 0 saturated carbocycles. The lowest BCUT2D eigenvalue weighted by Gasteiger charge is -2.11. The molecule has 1 aliphatic rings. The first kappa shape index (κ1) is 19.9. The van der Waals surface area contributed by atoms with E-state index in [-0.39, 0.29) is 18.5 Å². The number of carbonyl (C=O) groups excluding carboxylic acids is 1. The third-order valence-corrected chi connectivity index (χ3v) is 5.71. The monoisotopic (exact) mass is 452 g/mol. The van der Waals surface area contributed by atoms with Crippen molar-refractivity contribution in [3.8, 4) is 33.8 Å². The van der Waals surface area contributed by atoms with E-state index in [0.29, 0.717) is 33.8 Å². The van der Waals surface area contributed by atoms with Crippen LogP contribution in [-0.4, -0.2) is 27.7 Å². The summed E-state index contributed by atoms with van der Waals surface area (Å²) < 4.78 is 24.2. The first-order valence-corrected chi connectivity index (χ1v) is 10.5. The summed E-state index contributed by atoms with van der Waals surface area (Å²) >= 11 is 0. The predicted molar refractivity (Wildman–Crippen MR) is 125 cm³/mol. The molecule has 8 heteroatoms. The van der Waals surface area contributed by atoms with Crippen LogP contribution < -0.4 is 14.8 Å². The lowest BCUT2D eigenvalue weighted by atomic mass is 10.0. The molecular formula is C26H17FN4O3. The minimum absolute atomic E-state index is 0.188. The standard InChI is InChI=1S/C26H17FN4O3/c27-18-4-1-15(2-5-18)17-9-20-21(12-30-25(20)29-11-17)26(32)31-22-13-28-8-7-19(22)16-3-6-23-24(10-16)34-14-33-23/h1-13H,14H2,(H,29,30)(H,31,32). The number of benzene rings is 2. The molecule has 0 spiro atoms. The highest BCUT2D eigenvalue weighted by atomic mass is 19.1. The number of anilines is 1. The summed E-state index contributed by atoms with van der Waals surface area (Å²) in [6, 6.07) is 15.5. The van der Waals surface area contributed by atoms with E-state index in [1.54, 1.807) is 36.9 Å². The van der Waals surface area contributed by atoms with Crippen molar-refractivity contribution in [3.63, 3.8) is 0 Å². The van der Waals surface area contributed by atoms with Crippen molar-refractivity contribution >= 4 is 22.6 Å². The van der Waals surface area contributed by atoms with E-state index in [1.807, 2.05) is 30.3 Å². The van der Waals surface area contributed by atoms with Crippen molar-refractivity contribution in [1.29, 1.82) is 0 Å². The van der Waals surface area contributed by atoms with Crippen molar-refractivity contribution in [2.24, 2.45) is 0 Å². The number of rotatable bonds is 4. The van der Waals surface area contributed by atoms with Crippen molar-refractivity contribution in [1.82, 2.24) is 15.0 Å². The van der Waals surface area contributed by atoms with Gasteiger partial charge < -0.3 is 19.8 Å². The molecule has 1 aliphatic heterocycles. The molecule has 0 bridgehead atoms. The maximum atomic E-state index is 13.3. The van der Waals surface area contributed by atoms with Gasteiger partial charge in [0, 0.05) is 35.1 Å². The molecule has 0 unspecified atom stereocenters. The number of ether oxygens (including phenoxy) is 2. The molecule has 5 aromatic rings. The van der Waals surface area contributed by atoms with Crippen molar-refractivity contribution < 1.29 is 18.7 Å². The van der Waals surface area contributed by atoms with Gasteiger partial charge in [-0.15, -0.1) is 0 Å². The number of fused-ring (bicyclic) bond motifs is 2. The Morgan fingerprint density at radius 2 is 1.76 bits per heavy atom. The Morgan fingerprint density at radius 3 is 2.65 bits per heavy atom. The molecule has 34 heavy (non-hydrogen) atoms. The Labute approximate surface area is 193 Å². The molecule has 2 aromatic carbocycles. The fourth-order valence-electron chi connectivity index (χ4n) is 3.99. The average Bonchev–Trinajstić information content (AvgIpc) is 3.51. The number of amides is 1. The van der Waals surface area contributed by atoms with Gasteiger partial charge in [0.1, 0.15) is 11.5 Å². The van der Waals surface area contributed by atoms with Crippen LogP contribution in [0.15, 0.2) is 79.4 Å². The number of carbonyl (C=O) groups is 1. The molecule has 0 radical (unpaired) electrons. The van der Waals surface area contributed by atoms with E-state index in [4.69, 9.17) is 9.47 Å². The van der Waals surface area contributed by atoms with Gasteiger partial charge in [0.25, 0.3) is 5.91 Å². The molecule has 1 amide bonds. The number of halogens is 1. The molecule has 7 nitrogen and oxygen atoms in total. The van der Waals surface area contributed by atoms with Crippen molar-refractivity contribution in [2.75, 3.05) is 12.1 Å². The van der Waals surface area contributed by atoms with Crippen LogP contribution in [-0.2, 0) is 0 Å². The lowest BCUT2D eigenvalue weighted by Crippen LogP contribution is -2.12. The van der Waals surface area contributed by atoms with E-state index in [9.17, 15) is 9.18 Å². The fourth-order valence-corrected chi connectivity index (χ4v) is 3.99. The summed E-state index contributed by atoms with van der Waals surface area (Å²) in [5.41, 5.74) is 4.82. The number of aromatic amines is 1. The van der Waals surface area contributed by atoms with Crippen LogP contribution in [0.2, 0.25) is 0 Å². The Kier molecular flexibility index (Phi) is 4.69. The Bertz CT molecular complexity index is 1550. The number of nitrogens with one attached hydrogen (secondary N) is 2. The van der Waals surface area contributed by atoms with E-state index in [2.05, 4.69) is 20.3 Å². The lowest BCUT2D eigenvalue weighted by molar-refractivity contribution is 0.102. The maximum Gasteiger partial charge on any atom is 0.257 e. The van der Waals surface area contributed by atoms with Crippen molar-refractivity contribution in [3.05, 3.63) is 90.8 Å². The molecule has 166 valence electrons. The van der Waals surface area contributed by atoms with E-state index >= 15 is 0 Å². The SMILES string of the molecule is O=C(Nc1cnccc1-c1ccc2c(c1)OCO2)c1c[nH]c2ncc(-c3ccc(F)cc3)cc12. The second kappa shape index (κ2) is 8.00. The quantitative estimate of drug-likeness (QED) is 0.381. The summed E-state index contributed by atoms with van der Waals surface area (Å²) in [5, 5.41) is 3.63. The Morgan fingerprint density at radius 1 is 0.941 bits per heavy atom. The normalized spacial score (nSPS) is 12.1. The second-order valence-electron chi connectivity index (χ2n) is 7.77. The molecule has 6 rings (SSSR count). The largest absolute Gasteiger partial charge is 0.454 e. The first-order chi connectivity index (χ1) is 16.7. The molecule has 0 aliphatic carbocycles. The summed E-state index contributed by atoms with van der Waals surface area (Å²) in [5.74, 6) is 0.725. The Hall–Kier alpha value is -4.72. The van der Waals surface area contributed by atoms with Crippen LogP contribution in [0.3, 0.4) is 0 Å². The zero-order valence-electron chi connectivity index (χ0n) is 17.7. The van der Waals surface area contributed by atoms with Crippen LogP contribution in [0, 0.1) is 5.82 Å². The molecule has 3 aromatic heterocycles. The number of nitrogens with zero attached hydrogens (tertiary/aromatic N) is 2. The number of hydrogen-bond donors (Lipinski definition) is 2. The van der Waals surface area contributed by atoms with E-state index in [0.717, 1.165) is 22.3 Å². The highest BCUT2D eigenvalue weighted by molar-refractivity contribution is 6.13. The molecule has 2 N–H and O–H groups in total. The summed E-state index contributed by atoms with van der Waals surface area (Å²) in [4.78, 5) is 24.9. The Balaban J connectivity index is 1.34. The van der Waals surface area contributed by atoms with Gasteiger partial charge in [-0.25, -0.2) is 9.37 Å². The van der Waals surface area contributed by atoms with Gasteiger partial charge in [0.2, 0.25) is 6.79 Å². The van der Waals surface area contributed by atoms with E-state index < -0.39 is 0 Å². The van der Waals surface area contributed by atoms with Crippen LogP contribution in [0.1, 0.15) is 10.4 Å². The van der Waals surface area contributed by atoms with Gasteiger partial charge in [0.05, 0.1) is 17.4 Å². The number of hydrogen-bond acceptors (Lipinski definition) is 5. The molecule has 4 heterocycles. The number of H-pyrrole nitrogens is 1. The molecular weight excluding hydrogens is 435 g/mol. The van der Waals surface area contributed by atoms with Crippen LogP contribution >= 0.6 is 0 Å². The first-order valence-electron chi connectivity index (χ1n) is 10.5. The van der Waals surface area contributed by atoms with Gasteiger partial charge in [-0.1, -0.05) is 18.2 Å². The third-order valence-electron chi connectivity index (χ3n) is 5.71. The summed E-state index contributed by atoms with van der Waals surface area (Å²) in [6.07, 6.45) is 6.58. The molecule has 0 fully saturated rings. The number of pyridine rings is 2. The summed E-state index contributed by atoms with van der Waals surface area (Å²) in [7, 11) is 0. The fraction of sp³-hybridized carbons (Fsp3) is 0.0385. The third kappa shape index (κ3) is 3.51. The topological polar surface area (TPSA) is 89.1 Å². The predicted octanol–water partition coefficient (Wildman–Crippen LogP) is 5.41. The highest BCUT2D eigenvalue weighted by Gasteiger charge is 2.18. The van der Waals surface area contributed by atoms with Gasteiger partial charge in [-0.05, 0) is 47.5 Å². The van der Waals surface area contributed by atoms with E-state index in [1.165, 1.54) is 12.1 Å². The minimum Gasteiger partial charge on any atom is -0.454 e. The van der Waals surface area contributed by atoms with Gasteiger partial charge in [0.15, 0.2) is 11.5 Å². The smallest absolute Gasteiger partial charge is 0.257 e. The van der Waals surface area contributed by atoms with Crippen LogP contribution in [0.5, 0.6) is 11.5 Å². The zero-order valence-corrected chi connectivity index (χ0v) is 17.7. The van der Waals surface area contributed by atoms with Crippen LogP contribution in [0.25, 0.3) is 33.3 Å². The molecule has 0 saturated heterocycles.